The molecule has 2 aromatic rings. The molecule has 3 rings (SSSR count). The highest BCUT2D eigenvalue weighted by Gasteiger charge is 2.35. The molecule has 1 aliphatic heterocycles. The second-order valence-electron chi connectivity index (χ2n) is 6.68. The van der Waals surface area contributed by atoms with Crippen molar-refractivity contribution in [1.29, 1.82) is 0 Å². The predicted molar refractivity (Wildman–Crippen MR) is 118 cm³/mol. The van der Waals surface area contributed by atoms with Crippen molar-refractivity contribution < 1.29 is 18.7 Å². The molecule has 0 saturated carbocycles. The van der Waals surface area contributed by atoms with E-state index in [1.54, 1.807) is 36.4 Å². The van der Waals surface area contributed by atoms with E-state index < -0.39 is 11.1 Å². The number of carbonyl (C=O) groups is 2. The van der Waals surface area contributed by atoms with E-state index in [2.05, 4.69) is 10.3 Å². The SMILES string of the molecule is CCCOc1ccc(NC(=O)[C@H]2CC(=O)N(CC)C(=Nc3cccc(F)c3)S2)cc1. The van der Waals surface area contributed by atoms with Crippen molar-refractivity contribution in [2.75, 3.05) is 18.5 Å². The Hall–Kier alpha value is -2.87. The van der Waals surface area contributed by atoms with Gasteiger partial charge < -0.3 is 10.1 Å². The summed E-state index contributed by atoms with van der Waals surface area (Å²) in [6.45, 7) is 4.92. The molecule has 1 atom stereocenters. The smallest absolute Gasteiger partial charge is 0.238 e. The standard InChI is InChI=1S/C22H24FN3O3S/c1-3-12-29-18-10-8-16(9-11-18)24-21(28)19-14-20(27)26(4-2)22(30-19)25-17-7-5-6-15(23)13-17/h5-11,13,19H,3-4,12,14H2,1-2H3,(H,24,28)/t19-/m1/s1. The fourth-order valence-corrected chi connectivity index (χ4v) is 4.05. The number of rotatable bonds is 7. The molecule has 1 aliphatic rings. The number of anilines is 1. The van der Waals surface area contributed by atoms with Crippen molar-refractivity contribution in [3.8, 4) is 5.75 Å². The van der Waals surface area contributed by atoms with Gasteiger partial charge in [0.2, 0.25) is 11.8 Å². The molecular formula is C22H24FN3O3S. The van der Waals surface area contributed by atoms with Gasteiger partial charge in [-0.3, -0.25) is 14.5 Å². The number of nitrogens with one attached hydrogen (secondary N) is 1. The summed E-state index contributed by atoms with van der Waals surface area (Å²) >= 11 is 1.21. The number of aliphatic imine (C=N–C) groups is 1. The van der Waals surface area contributed by atoms with Gasteiger partial charge in [-0.05, 0) is 55.8 Å². The first kappa shape index (κ1) is 21.8. The minimum atomic E-state index is -0.622. The van der Waals surface area contributed by atoms with E-state index in [9.17, 15) is 14.0 Å². The lowest BCUT2D eigenvalue weighted by atomic mass is 10.2. The van der Waals surface area contributed by atoms with Gasteiger partial charge in [-0.15, -0.1) is 0 Å². The predicted octanol–water partition coefficient (Wildman–Crippen LogP) is 4.59. The van der Waals surface area contributed by atoms with E-state index in [-0.39, 0.29) is 18.2 Å². The molecule has 6 nitrogen and oxygen atoms in total. The van der Waals surface area contributed by atoms with Crippen LogP contribution in [-0.2, 0) is 9.59 Å². The molecule has 1 saturated heterocycles. The summed E-state index contributed by atoms with van der Waals surface area (Å²) < 4.78 is 19.0. The molecule has 2 amide bonds. The Balaban J connectivity index is 1.72. The molecule has 158 valence electrons. The summed E-state index contributed by atoms with van der Waals surface area (Å²) in [6.07, 6.45) is 0.990. The average molecular weight is 430 g/mol. The molecule has 30 heavy (non-hydrogen) atoms. The number of amidine groups is 1. The van der Waals surface area contributed by atoms with Gasteiger partial charge in [0.1, 0.15) is 16.8 Å². The maximum atomic E-state index is 13.5. The first-order valence-corrected chi connectivity index (χ1v) is 10.7. The number of hydrogen-bond donors (Lipinski definition) is 1. The monoisotopic (exact) mass is 429 g/mol. The summed E-state index contributed by atoms with van der Waals surface area (Å²) in [6, 6.07) is 12.9. The molecule has 1 N–H and O–H groups in total. The largest absolute Gasteiger partial charge is 0.494 e. The number of amides is 2. The topological polar surface area (TPSA) is 71.0 Å². The summed E-state index contributed by atoms with van der Waals surface area (Å²) in [7, 11) is 0. The van der Waals surface area contributed by atoms with E-state index in [4.69, 9.17) is 4.74 Å². The number of benzene rings is 2. The van der Waals surface area contributed by atoms with Crippen molar-refractivity contribution in [3.05, 3.63) is 54.3 Å². The van der Waals surface area contributed by atoms with Crippen LogP contribution in [0.3, 0.4) is 0 Å². The van der Waals surface area contributed by atoms with Crippen LogP contribution in [0.1, 0.15) is 26.7 Å². The second-order valence-corrected chi connectivity index (χ2v) is 7.85. The molecule has 0 aromatic heterocycles. The molecule has 0 unspecified atom stereocenters. The number of nitrogens with zero attached hydrogens (tertiary/aromatic N) is 2. The van der Waals surface area contributed by atoms with E-state index in [1.165, 1.54) is 28.8 Å². The maximum Gasteiger partial charge on any atom is 0.238 e. The number of thioether (sulfide) groups is 1. The van der Waals surface area contributed by atoms with Gasteiger partial charge in [-0.1, -0.05) is 24.8 Å². The zero-order valence-corrected chi connectivity index (χ0v) is 17.7. The van der Waals surface area contributed by atoms with Crippen LogP contribution in [0.4, 0.5) is 15.8 Å². The van der Waals surface area contributed by atoms with Crippen LogP contribution in [0, 0.1) is 5.82 Å². The maximum absolute atomic E-state index is 13.5. The lowest BCUT2D eigenvalue weighted by Crippen LogP contribution is -2.45. The van der Waals surface area contributed by atoms with E-state index in [1.807, 2.05) is 13.8 Å². The van der Waals surface area contributed by atoms with Crippen molar-refractivity contribution in [1.82, 2.24) is 4.90 Å². The molecule has 1 heterocycles. The van der Waals surface area contributed by atoms with E-state index in [0.717, 1.165) is 12.2 Å². The first-order valence-electron chi connectivity index (χ1n) is 9.85. The zero-order chi connectivity index (χ0) is 21.5. The molecule has 2 aromatic carbocycles. The Morgan fingerprint density at radius 1 is 1.27 bits per heavy atom. The van der Waals surface area contributed by atoms with Crippen LogP contribution < -0.4 is 10.1 Å². The molecule has 1 fully saturated rings. The molecule has 8 heteroatoms. The second kappa shape index (κ2) is 10.2. The summed E-state index contributed by atoms with van der Waals surface area (Å²) in [5.74, 6) is -0.138. The van der Waals surface area contributed by atoms with Gasteiger partial charge in [0.05, 0.1) is 12.3 Å². The number of ether oxygens (including phenoxy) is 1. The van der Waals surface area contributed by atoms with Gasteiger partial charge >= 0.3 is 0 Å². The van der Waals surface area contributed by atoms with Crippen LogP contribution in [0.25, 0.3) is 0 Å². The third-order valence-electron chi connectivity index (χ3n) is 4.38. The third kappa shape index (κ3) is 5.60. The van der Waals surface area contributed by atoms with Crippen LogP contribution in [-0.4, -0.2) is 40.3 Å². The Labute approximate surface area is 179 Å². The Morgan fingerprint density at radius 2 is 2.03 bits per heavy atom. The minimum Gasteiger partial charge on any atom is -0.494 e. The molecular weight excluding hydrogens is 405 g/mol. The van der Waals surface area contributed by atoms with E-state index in [0.29, 0.717) is 29.7 Å². The van der Waals surface area contributed by atoms with Gasteiger partial charge in [-0.2, -0.15) is 0 Å². The highest BCUT2D eigenvalue weighted by molar-refractivity contribution is 8.15. The van der Waals surface area contributed by atoms with Crippen molar-refractivity contribution in [3.63, 3.8) is 0 Å². The molecule has 0 aliphatic carbocycles. The van der Waals surface area contributed by atoms with Crippen LogP contribution in [0.5, 0.6) is 5.75 Å². The molecule has 0 bridgehead atoms. The Kier molecular flexibility index (Phi) is 7.46. The Morgan fingerprint density at radius 3 is 2.70 bits per heavy atom. The van der Waals surface area contributed by atoms with Crippen molar-refractivity contribution >= 4 is 40.1 Å². The molecule has 0 spiro atoms. The minimum absolute atomic E-state index is 0.0736. The fourth-order valence-electron chi connectivity index (χ4n) is 2.89. The first-order chi connectivity index (χ1) is 14.5. The van der Waals surface area contributed by atoms with Gasteiger partial charge in [0.15, 0.2) is 5.17 Å². The summed E-state index contributed by atoms with van der Waals surface area (Å²) in [4.78, 5) is 31.3. The van der Waals surface area contributed by atoms with Gasteiger partial charge in [0.25, 0.3) is 0 Å². The average Bonchev–Trinajstić information content (AvgIpc) is 2.73. The van der Waals surface area contributed by atoms with Crippen molar-refractivity contribution in [2.24, 2.45) is 4.99 Å². The highest BCUT2D eigenvalue weighted by atomic mass is 32.2. The normalized spacial score (nSPS) is 17.8. The van der Waals surface area contributed by atoms with Gasteiger partial charge in [0, 0.05) is 18.7 Å². The number of halogens is 1. The van der Waals surface area contributed by atoms with Crippen LogP contribution in [0.2, 0.25) is 0 Å². The van der Waals surface area contributed by atoms with Crippen LogP contribution in [0.15, 0.2) is 53.5 Å². The van der Waals surface area contributed by atoms with Crippen LogP contribution >= 0.6 is 11.8 Å². The van der Waals surface area contributed by atoms with Gasteiger partial charge in [-0.25, -0.2) is 9.38 Å². The lowest BCUT2D eigenvalue weighted by molar-refractivity contribution is -0.129. The summed E-state index contributed by atoms with van der Waals surface area (Å²) in [5.41, 5.74) is 1.02. The Bertz CT molecular complexity index is 933. The quantitative estimate of drug-likeness (QED) is 0.699. The lowest BCUT2D eigenvalue weighted by Gasteiger charge is -2.30. The fraction of sp³-hybridized carbons (Fsp3) is 0.318. The van der Waals surface area contributed by atoms with Crippen molar-refractivity contribution in [2.45, 2.75) is 31.9 Å². The molecule has 0 radical (unpaired) electrons. The highest BCUT2D eigenvalue weighted by Crippen LogP contribution is 2.30. The number of hydrogen-bond acceptors (Lipinski definition) is 5. The number of carbonyl (C=O) groups excluding carboxylic acids is 2. The zero-order valence-electron chi connectivity index (χ0n) is 16.9. The van der Waals surface area contributed by atoms with E-state index >= 15 is 0 Å². The summed E-state index contributed by atoms with van der Waals surface area (Å²) in [5, 5.41) is 2.61. The third-order valence-corrected chi connectivity index (χ3v) is 5.56.